The third-order valence-corrected chi connectivity index (χ3v) is 4.25. The van der Waals surface area contributed by atoms with Gasteiger partial charge in [-0.25, -0.2) is 0 Å². The monoisotopic (exact) mass is 265 g/mol. The van der Waals surface area contributed by atoms with Crippen LogP contribution in [0.3, 0.4) is 0 Å². The summed E-state index contributed by atoms with van der Waals surface area (Å²) in [4.78, 5) is 0.989. The molecule has 1 saturated carbocycles. The fourth-order valence-electron chi connectivity index (χ4n) is 2.43. The lowest BCUT2D eigenvalue weighted by Gasteiger charge is -2.08. The van der Waals surface area contributed by atoms with Crippen molar-refractivity contribution in [3.63, 3.8) is 0 Å². The van der Waals surface area contributed by atoms with Crippen LogP contribution in [0.4, 0.5) is 10.2 Å². The highest BCUT2D eigenvalue weighted by atomic mass is 32.1. The minimum absolute atomic E-state index is 0.136. The second-order valence-electron chi connectivity index (χ2n) is 4.68. The molecule has 0 radical (unpaired) electrons. The van der Waals surface area contributed by atoms with E-state index in [0.29, 0.717) is 12.6 Å². The van der Waals surface area contributed by atoms with Crippen LogP contribution in [-0.2, 0) is 6.54 Å². The van der Waals surface area contributed by atoms with Crippen LogP contribution in [0.15, 0.2) is 24.4 Å². The minimum Gasteiger partial charge on any atom is -0.364 e. The van der Waals surface area contributed by atoms with E-state index in [1.165, 1.54) is 43.1 Å². The van der Waals surface area contributed by atoms with E-state index in [1.54, 1.807) is 6.07 Å². The van der Waals surface area contributed by atoms with Gasteiger partial charge in [0.15, 0.2) is 5.13 Å². The second-order valence-corrected chi connectivity index (χ2v) is 5.80. The van der Waals surface area contributed by atoms with E-state index in [4.69, 9.17) is 0 Å². The number of hydrogen-bond donors (Lipinski definition) is 1. The van der Waals surface area contributed by atoms with Gasteiger partial charge < -0.3 is 5.32 Å². The summed E-state index contributed by atoms with van der Waals surface area (Å²) >= 11 is 1.18. The first kappa shape index (κ1) is 11.7. The van der Waals surface area contributed by atoms with Gasteiger partial charge in [-0.3, -0.25) is 4.68 Å². The van der Waals surface area contributed by atoms with Crippen molar-refractivity contribution in [3.8, 4) is 0 Å². The van der Waals surface area contributed by atoms with Crippen molar-refractivity contribution < 1.29 is 4.39 Å². The number of nitrogens with one attached hydrogen (secondary N) is 1. The molecule has 2 aromatic heterocycles. The Bertz CT molecular complexity index is 514. The number of halogens is 1. The maximum Gasteiger partial charge on any atom is 0.176 e. The van der Waals surface area contributed by atoms with Crippen LogP contribution in [0.25, 0.3) is 0 Å². The first-order chi connectivity index (χ1) is 8.81. The van der Waals surface area contributed by atoms with E-state index in [9.17, 15) is 4.39 Å². The van der Waals surface area contributed by atoms with Crippen molar-refractivity contribution in [2.24, 2.45) is 0 Å². The predicted octanol–water partition coefficient (Wildman–Crippen LogP) is 3.81. The molecule has 1 N–H and O–H groups in total. The van der Waals surface area contributed by atoms with Gasteiger partial charge in [-0.15, -0.1) is 11.3 Å². The van der Waals surface area contributed by atoms with E-state index in [2.05, 4.69) is 15.1 Å². The van der Waals surface area contributed by atoms with Crippen molar-refractivity contribution in [1.29, 1.82) is 0 Å². The van der Waals surface area contributed by atoms with Crippen LogP contribution < -0.4 is 5.32 Å². The number of thiophene rings is 1. The van der Waals surface area contributed by atoms with Gasteiger partial charge in [0, 0.05) is 17.1 Å². The van der Waals surface area contributed by atoms with Crippen LogP contribution in [0.5, 0.6) is 0 Å². The zero-order valence-corrected chi connectivity index (χ0v) is 10.9. The number of anilines is 1. The summed E-state index contributed by atoms with van der Waals surface area (Å²) in [5.74, 6) is 0.871. The molecule has 3 rings (SSSR count). The average Bonchev–Trinajstić information content (AvgIpc) is 3.07. The number of hydrogen-bond acceptors (Lipinski definition) is 3. The number of rotatable bonds is 4. The molecular weight excluding hydrogens is 249 g/mol. The highest BCUT2D eigenvalue weighted by molar-refractivity contribution is 7.10. The molecule has 0 unspecified atom stereocenters. The van der Waals surface area contributed by atoms with E-state index in [1.807, 2.05) is 12.3 Å². The summed E-state index contributed by atoms with van der Waals surface area (Å²) in [6, 6.07) is 5.86. The smallest absolute Gasteiger partial charge is 0.176 e. The van der Waals surface area contributed by atoms with Crippen LogP contribution in [-0.4, -0.2) is 9.78 Å². The summed E-state index contributed by atoms with van der Waals surface area (Å²) < 4.78 is 14.9. The van der Waals surface area contributed by atoms with Gasteiger partial charge in [-0.1, -0.05) is 12.8 Å². The Balaban J connectivity index is 1.59. The molecule has 1 aliphatic rings. The normalized spacial score (nSPS) is 16.3. The molecule has 96 valence electrons. The van der Waals surface area contributed by atoms with Crippen molar-refractivity contribution in [2.75, 3.05) is 5.32 Å². The summed E-state index contributed by atoms with van der Waals surface area (Å²) in [6.07, 6.45) is 7.12. The highest BCUT2D eigenvalue weighted by Crippen LogP contribution is 2.29. The Morgan fingerprint density at radius 1 is 1.33 bits per heavy atom. The molecule has 3 nitrogen and oxygen atoms in total. The molecular formula is C13H16FN3S. The molecule has 5 heteroatoms. The molecule has 0 aliphatic heterocycles. The fraction of sp³-hybridized carbons (Fsp3) is 0.462. The molecule has 0 saturated heterocycles. The third kappa shape index (κ3) is 2.56. The largest absolute Gasteiger partial charge is 0.364 e. The lowest BCUT2D eigenvalue weighted by atomic mass is 10.3. The van der Waals surface area contributed by atoms with Crippen molar-refractivity contribution in [1.82, 2.24) is 9.78 Å². The Kier molecular flexibility index (Phi) is 3.32. The highest BCUT2D eigenvalue weighted by Gasteiger charge is 2.17. The molecule has 0 atom stereocenters. The molecule has 0 spiro atoms. The summed E-state index contributed by atoms with van der Waals surface area (Å²) in [5.41, 5.74) is 0. The Labute approximate surface area is 110 Å². The molecule has 2 aromatic rings. The van der Waals surface area contributed by atoms with E-state index >= 15 is 0 Å². The second kappa shape index (κ2) is 5.10. The van der Waals surface area contributed by atoms with Crippen molar-refractivity contribution in [2.45, 2.75) is 38.3 Å². The maximum atomic E-state index is 12.8. The van der Waals surface area contributed by atoms with E-state index in [0.717, 1.165) is 10.7 Å². The van der Waals surface area contributed by atoms with Gasteiger partial charge >= 0.3 is 0 Å². The van der Waals surface area contributed by atoms with Gasteiger partial charge in [0.2, 0.25) is 0 Å². The minimum atomic E-state index is -0.136. The molecule has 2 heterocycles. The SMILES string of the molecule is Fc1ccc(CNc2ccn(C3CCCC3)n2)s1. The van der Waals surface area contributed by atoms with Gasteiger partial charge in [-0.2, -0.15) is 9.49 Å². The Hall–Kier alpha value is -1.36. The molecule has 18 heavy (non-hydrogen) atoms. The van der Waals surface area contributed by atoms with Gasteiger partial charge in [0.1, 0.15) is 5.82 Å². The fourth-order valence-corrected chi connectivity index (χ4v) is 3.10. The number of aromatic nitrogens is 2. The predicted molar refractivity (Wildman–Crippen MR) is 71.3 cm³/mol. The Morgan fingerprint density at radius 2 is 2.17 bits per heavy atom. The Morgan fingerprint density at radius 3 is 2.89 bits per heavy atom. The molecule has 0 amide bonds. The maximum absolute atomic E-state index is 12.8. The summed E-state index contributed by atoms with van der Waals surface area (Å²) in [6.45, 7) is 0.635. The van der Waals surface area contributed by atoms with E-state index < -0.39 is 0 Å². The quantitative estimate of drug-likeness (QED) is 0.911. The first-order valence-electron chi connectivity index (χ1n) is 6.34. The van der Waals surface area contributed by atoms with Crippen LogP contribution in [0.2, 0.25) is 0 Å². The van der Waals surface area contributed by atoms with Gasteiger partial charge in [0.25, 0.3) is 0 Å². The molecule has 1 fully saturated rings. The van der Waals surface area contributed by atoms with Crippen LogP contribution in [0, 0.1) is 5.13 Å². The standard InChI is InChI=1S/C13H16FN3S/c14-12-6-5-11(18-12)9-15-13-7-8-17(16-13)10-3-1-2-4-10/h5-8,10H,1-4,9H2,(H,15,16). The van der Waals surface area contributed by atoms with E-state index in [-0.39, 0.29) is 5.13 Å². The molecule has 1 aliphatic carbocycles. The van der Waals surface area contributed by atoms with Gasteiger partial charge in [-0.05, 0) is 25.0 Å². The number of nitrogens with zero attached hydrogens (tertiary/aromatic N) is 2. The molecule has 0 bridgehead atoms. The average molecular weight is 265 g/mol. The zero-order valence-electron chi connectivity index (χ0n) is 10.1. The topological polar surface area (TPSA) is 29.9 Å². The third-order valence-electron chi connectivity index (χ3n) is 3.38. The van der Waals surface area contributed by atoms with Crippen LogP contribution >= 0.6 is 11.3 Å². The lowest BCUT2D eigenvalue weighted by Crippen LogP contribution is -2.06. The summed E-state index contributed by atoms with van der Waals surface area (Å²) in [5, 5.41) is 7.62. The van der Waals surface area contributed by atoms with Crippen molar-refractivity contribution in [3.05, 3.63) is 34.4 Å². The lowest BCUT2D eigenvalue weighted by molar-refractivity contribution is 0.468. The molecule has 0 aromatic carbocycles. The summed E-state index contributed by atoms with van der Waals surface area (Å²) in [7, 11) is 0. The van der Waals surface area contributed by atoms with Crippen molar-refractivity contribution >= 4 is 17.2 Å². The van der Waals surface area contributed by atoms with Gasteiger partial charge in [0.05, 0.1) is 12.6 Å². The zero-order chi connectivity index (χ0) is 12.4. The first-order valence-corrected chi connectivity index (χ1v) is 7.16. The van der Waals surface area contributed by atoms with Crippen LogP contribution in [0.1, 0.15) is 36.6 Å².